The van der Waals surface area contributed by atoms with Crippen LogP contribution in [0.5, 0.6) is 0 Å². The van der Waals surface area contributed by atoms with Crippen molar-refractivity contribution in [1.82, 2.24) is 9.97 Å². The van der Waals surface area contributed by atoms with Crippen LogP contribution in [0.3, 0.4) is 0 Å². The Morgan fingerprint density at radius 3 is 2.67 bits per heavy atom. The fourth-order valence-electron chi connectivity index (χ4n) is 2.52. The zero-order valence-electron chi connectivity index (χ0n) is 15.7. The fraction of sp³-hybridized carbons (Fsp3) is 0.350. The Kier molecular flexibility index (Phi) is 6.01. The molecule has 5 nitrogen and oxygen atoms in total. The first kappa shape index (κ1) is 19.6. The van der Waals surface area contributed by atoms with E-state index < -0.39 is 5.25 Å². The second-order valence-electron chi connectivity index (χ2n) is 6.48. The number of aromatic amines is 1. The van der Waals surface area contributed by atoms with Crippen molar-refractivity contribution in [3.05, 3.63) is 45.6 Å². The predicted molar refractivity (Wildman–Crippen MR) is 112 cm³/mol. The number of ether oxygens (including phenoxy) is 1. The molecule has 142 valence electrons. The third-order valence-corrected chi connectivity index (χ3v) is 6.13. The molecule has 27 heavy (non-hydrogen) atoms. The Hall–Kier alpha value is -2.12. The van der Waals surface area contributed by atoms with Crippen LogP contribution in [0.4, 0.5) is 0 Å². The number of rotatable bonds is 6. The molecule has 3 rings (SSSR count). The van der Waals surface area contributed by atoms with Gasteiger partial charge in [-0.3, -0.25) is 9.59 Å². The average Bonchev–Trinajstić information content (AvgIpc) is 3.06. The first-order valence-corrected chi connectivity index (χ1v) is 10.6. The minimum absolute atomic E-state index is 0.121. The Morgan fingerprint density at radius 1 is 1.30 bits per heavy atom. The van der Waals surface area contributed by atoms with E-state index in [0.717, 1.165) is 17.5 Å². The maximum absolute atomic E-state index is 12.7. The molecule has 0 aliphatic rings. The number of fused-ring (bicyclic) bond motifs is 1. The van der Waals surface area contributed by atoms with Gasteiger partial charge in [0.1, 0.15) is 10.1 Å². The van der Waals surface area contributed by atoms with Crippen molar-refractivity contribution in [3.8, 4) is 11.1 Å². The lowest BCUT2D eigenvalue weighted by atomic mass is 10.1. The fourth-order valence-corrected chi connectivity index (χ4v) is 4.31. The van der Waals surface area contributed by atoms with Crippen LogP contribution in [0.15, 0.2) is 39.6 Å². The van der Waals surface area contributed by atoms with Gasteiger partial charge in [-0.25, -0.2) is 4.98 Å². The first-order valence-electron chi connectivity index (χ1n) is 8.84. The van der Waals surface area contributed by atoms with Gasteiger partial charge in [0, 0.05) is 10.9 Å². The molecule has 0 fully saturated rings. The van der Waals surface area contributed by atoms with Gasteiger partial charge in [-0.1, -0.05) is 48.5 Å². The maximum Gasteiger partial charge on any atom is 0.319 e. The van der Waals surface area contributed by atoms with Gasteiger partial charge in [-0.15, -0.1) is 11.3 Å². The molecule has 2 heterocycles. The normalized spacial score (nSPS) is 13.5. The molecule has 3 aromatic rings. The maximum atomic E-state index is 12.7. The SMILES string of the molecule is CCC(C)OC(=O)C(C)Sc1nc2scc(-c3ccc(C)cc3)c2c(=O)[nH]1. The minimum atomic E-state index is -0.448. The Bertz CT molecular complexity index is 1010. The van der Waals surface area contributed by atoms with Crippen molar-refractivity contribution in [2.24, 2.45) is 0 Å². The van der Waals surface area contributed by atoms with Crippen molar-refractivity contribution in [2.45, 2.75) is 50.6 Å². The van der Waals surface area contributed by atoms with Crippen LogP contribution in [0, 0.1) is 6.92 Å². The summed E-state index contributed by atoms with van der Waals surface area (Å²) in [6.07, 6.45) is 0.644. The number of aromatic nitrogens is 2. The van der Waals surface area contributed by atoms with E-state index >= 15 is 0 Å². The lowest BCUT2D eigenvalue weighted by Crippen LogP contribution is -2.22. The summed E-state index contributed by atoms with van der Waals surface area (Å²) in [7, 11) is 0. The molecule has 0 spiro atoms. The van der Waals surface area contributed by atoms with Gasteiger partial charge in [-0.05, 0) is 32.8 Å². The quantitative estimate of drug-likeness (QED) is 0.365. The second kappa shape index (κ2) is 8.27. The van der Waals surface area contributed by atoms with Crippen LogP contribution < -0.4 is 5.56 Å². The average molecular weight is 403 g/mol. The molecule has 0 aliphatic heterocycles. The van der Waals surface area contributed by atoms with Gasteiger partial charge in [0.05, 0.1) is 11.5 Å². The van der Waals surface area contributed by atoms with Gasteiger partial charge >= 0.3 is 5.97 Å². The Labute approximate surface area is 166 Å². The molecule has 7 heteroatoms. The number of thioether (sulfide) groups is 1. The number of carbonyl (C=O) groups excluding carboxylic acids is 1. The molecular formula is C20H22N2O3S2. The molecule has 0 radical (unpaired) electrons. The lowest BCUT2D eigenvalue weighted by Gasteiger charge is -2.14. The molecule has 0 saturated heterocycles. The molecule has 0 aliphatic carbocycles. The van der Waals surface area contributed by atoms with Crippen molar-refractivity contribution < 1.29 is 9.53 Å². The predicted octanol–water partition coefficient (Wildman–Crippen LogP) is 4.78. The highest BCUT2D eigenvalue weighted by atomic mass is 32.2. The summed E-state index contributed by atoms with van der Waals surface area (Å²) in [4.78, 5) is 32.8. The number of aryl methyl sites for hydroxylation is 1. The highest BCUT2D eigenvalue weighted by molar-refractivity contribution is 8.00. The van der Waals surface area contributed by atoms with E-state index in [1.807, 2.05) is 50.4 Å². The number of nitrogens with zero attached hydrogens (tertiary/aromatic N) is 1. The zero-order chi connectivity index (χ0) is 19.6. The smallest absolute Gasteiger partial charge is 0.319 e. The number of nitrogens with one attached hydrogen (secondary N) is 1. The van der Waals surface area contributed by atoms with Crippen LogP contribution in [0.2, 0.25) is 0 Å². The number of H-pyrrole nitrogens is 1. The third-order valence-electron chi connectivity index (χ3n) is 4.30. The largest absolute Gasteiger partial charge is 0.462 e. The van der Waals surface area contributed by atoms with Crippen molar-refractivity contribution in [2.75, 3.05) is 0 Å². The molecule has 1 N–H and O–H groups in total. The summed E-state index contributed by atoms with van der Waals surface area (Å²) in [6.45, 7) is 7.61. The highest BCUT2D eigenvalue weighted by Gasteiger charge is 2.20. The van der Waals surface area contributed by atoms with E-state index in [2.05, 4.69) is 9.97 Å². The Balaban J connectivity index is 1.87. The molecule has 0 saturated carbocycles. The van der Waals surface area contributed by atoms with Crippen LogP contribution >= 0.6 is 23.1 Å². The standard InChI is InChI=1S/C20H22N2O3S2/c1-5-12(3)25-19(24)13(4)27-20-21-17(23)16-15(10-26-18(16)22-20)14-8-6-11(2)7-9-14/h6-10,12-13H,5H2,1-4H3,(H,21,22,23). The number of esters is 1. The minimum Gasteiger partial charge on any atom is -0.462 e. The van der Waals surface area contributed by atoms with Crippen LogP contribution in [0.1, 0.15) is 32.8 Å². The van der Waals surface area contributed by atoms with Crippen LogP contribution in [-0.4, -0.2) is 27.3 Å². The number of benzene rings is 1. The van der Waals surface area contributed by atoms with Crippen LogP contribution in [-0.2, 0) is 9.53 Å². The number of carbonyl (C=O) groups is 1. The third kappa shape index (κ3) is 4.42. The lowest BCUT2D eigenvalue weighted by molar-refractivity contribution is -0.147. The van der Waals surface area contributed by atoms with E-state index in [4.69, 9.17) is 4.74 Å². The monoisotopic (exact) mass is 402 g/mol. The molecule has 2 atom stereocenters. The van der Waals surface area contributed by atoms with Gasteiger partial charge in [0.15, 0.2) is 5.16 Å². The van der Waals surface area contributed by atoms with E-state index in [-0.39, 0.29) is 17.6 Å². The van der Waals surface area contributed by atoms with Crippen LogP contribution in [0.25, 0.3) is 21.3 Å². The van der Waals surface area contributed by atoms with Crippen molar-refractivity contribution in [1.29, 1.82) is 0 Å². The molecule has 0 bridgehead atoms. The highest BCUT2D eigenvalue weighted by Crippen LogP contribution is 2.32. The van der Waals surface area contributed by atoms with Gasteiger partial charge in [-0.2, -0.15) is 0 Å². The van der Waals surface area contributed by atoms with E-state index in [1.165, 1.54) is 28.7 Å². The topological polar surface area (TPSA) is 72.0 Å². The van der Waals surface area contributed by atoms with Gasteiger partial charge < -0.3 is 9.72 Å². The number of hydrogen-bond donors (Lipinski definition) is 1. The number of thiophene rings is 1. The summed E-state index contributed by atoms with van der Waals surface area (Å²) in [5, 5.41) is 2.52. The van der Waals surface area contributed by atoms with Crippen molar-refractivity contribution in [3.63, 3.8) is 0 Å². The Morgan fingerprint density at radius 2 is 2.00 bits per heavy atom. The van der Waals surface area contributed by atoms with Gasteiger partial charge in [0.2, 0.25) is 0 Å². The number of hydrogen-bond acceptors (Lipinski definition) is 6. The molecule has 2 unspecified atom stereocenters. The zero-order valence-corrected chi connectivity index (χ0v) is 17.4. The first-order chi connectivity index (χ1) is 12.9. The molecular weight excluding hydrogens is 380 g/mol. The van der Waals surface area contributed by atoms with E-state index in [1.54, 1.807) is 6.92 Å². The summed E-state index contributed by atoms with van der Waals surface area (Å²) in [5.74, 6) is -0.302. The second-order valence-corrected chi connectivity index (χ2v) is 8.67. The summed E-state index contributed by atoms with van der Waals surface area (Å²) >= 11 is 2.64. The summed E-state index contributed by atoms with van der Waals surface area (Å²) in [6, 6.07) is 8.06. The summed E-state index contributed by atoms with van der Waals surface area (Å²) < 4.78 is 5.35. The van der Waals surface area contributed by atoms with Gasteiger partial charge in [0.25, 0.3) is 5.56 Å². The summed E-state index contributed by atoms with van der Waals surface area (Å²) in [5.41, 5.74) is 2.85. The molecule has 0 amide bonds. The van der Waals surface area contributed by atoms with Crippen molar-refractivity contribution >= 4 is 39.3 Å². The van der Waals surface area contributed by atoms with E-state index in [9.17, 15) is 9.59 Å². The molecule has 1 aromatic carbocycles. The molecule has 2 aromatic heterocycles. The van der Waals surface area contributed by atoms with E-state index in [0.29, 0.717) is 15.4 Å².